The summed E-state index contributed by atoms with van der Waals surface area (Å²) in [7, 11) is 0. The van der Waals surface area contributed by atoms with E-state index in [-0.39, 0.29) is 37.7 Å². The Morgan fingerprint density at radius 1 is 1.25 bits per heavy atom. The first kappa shape index (κ1) is 16.1. The standard InChI is InChI=1S/C12H16N2O5S/c15-9(12(18)19)1-4-13-10(16)2-5-14-11(17)8-3-6-20-7-8/h3,6-7,9,15H,1-2,4-5H2,(H,13,16)(H,14,17)(H,18,19). The molecule has 1 rings (SSSR count). The number of amides is 2. The maximum Gasteiger partial charge on any atom is 0.332 e. The molecule has 8 heteroatoms. The van der Waals surface area contributed by atoms with E-state index in [9.17, 15) is 14.4 Å². The third-order valence-corrected chi connectivity index (χ3v) is 3.13. The number of rotatable bonds is 8. The van der Waals surface area contributed by atoms with Gasteiger partial charge in [-0.05, 0) is 11.4 Å². The van der Waals surface area contributed by atoms with Gasteiger partial charge in [0.1, 0.15) is 0 Å². The highest BCUT2D eigenvalue weighted by Gasteiger charge is 2.13. The summed E-state index contributed by atoms with van der Waals surface area (Å²) < 4.78 is 0. The van der Waals surface area contributed by atoms with Crippen molar-refractivity contribution in [2.75, 3.05) is 13.1 Å². The Balaban J connectivity index is 2.11. The Kier molecular flexibility index (Phi) is 6.68. The van der Waals surface area contributed by atoms with Gasteiger partial charge in [-0.15, -0.1) is 0 Å². The van der Waals surface area contributed by atoms with Crippen LogP contribution in [0.4, 0.5) is 0 Å². The number of thiophene rings is 1. The van der Waals surface area contributed by atoms with Gasteiger partial charge in [0, 0.05) is 36.9 Å². The molecular formula is C12H16N2O5S. The molecule has 1 unspecified atom stereocenters. The largest absolute Gasteiger partial charge is 0.479 e. The normalized spacial score (nSPS) is 11.7. The number of carbonyl (C=O) groups is 3. The van der Waals surface area contributed by atoms with Gasteiger partial charge in [0.05, 0.1) is 0 Å². The molecule has 0 saturated carbocycles. The van der Waals surface area contributed by atoms with Crippen molar-refractivity contribution >= 4 is 29.1 Å². The first-order chi connectivity index (χ1) is 9.50. The van der Waals surface area contributed by atoms with E-state index in [1.165, 1.54) is 11.3 Å². The van der Waals surface area contributed by atoms with Gasteiger partial charge in [-0.3, -0.25) is 9.59 Å². The number of aliphatic hydroxyl groups excluding tert-OH is 1. The molecule has 7 nitrogen and oxygen atoms in total. The number of carboxylic acid groups (broad SMARTS) is 1. The van der Waals surface area contributed by atoms with Gasteiger partial charge in [0.15, 0.2) is 6.10 Å². The van der Waals surface area contributed by atoms with Crippen molar-refractivity contribution in [2.24, 2.45) is 0 Å². The zero-order valence-electron chi connectivity index (χ0n) is 10.7. The van der Waals surface area contributed by atoms with E-state index in [1.807, 2.05) is 0 Å². The number of aliphatic hydroxyl groups is 1. The predicted molar refractivity (Wildman–Crippen MR) is 72.5 cm³/mol. The summed E-state index contributed by atoms with van der Waals surface area (Å²) in [6.07, 6.45) is -1.44. The van der Waals surface area contributed by atoms with Gasteiger partial charge < -0.3 is 20.8 Å². The van der Waals surface area contributed by atoms with Crippen molar-refractivity contribution in [3.63, 3.8) is 0 Å². The van der Waals surface area contributed by atoms with Crippen LogP contribution in [0, 0.1) is 0 Å². The number of aliphatic carboxylic acids is 1. The van der Waals surface area contributed by atoms with Crippen LogP contribution in [0.1, 0.15) is 23.2 Å². The van der Waals surface area contributed by atoms with Crippen molar-refractivity contribution in [3.8, 4) is 0 Å². The predicted octanol–water partition coefficient (Wildman–Crippen LogP) is -0.180. The lowest BCUT2D eigenvalue weighted by atomic mass is 10.2. The fraction of sp³-hybridized carbons (Fsp3) is 0.417. The molecule has 0 bridgehead atoms. The van der Waals surface area contributed by atoms with E-state index in [1.54, 1.807) is 16.8 Å². The molecule has 1 heterocycles. The van der Waals surface area contributed by atoms with E-state index in [4.69, 9.17) is 10.2 Å². The minimum Gasteiger partial charge on any atom is -0.479 e. The fourth-order valence-corrected chi connectivity index (χ4v) is 1.98. The summed E-state index contributed by atoms with van der Waals surface area (Å²) in [5, 5.41) is 26.0. The third-order valence-electron chi connectivity index (χ3n) is 2.45. The van der Waals surface area contributed by atoms with Crippen molar-refractivity contribution in [2.45, 2.75) is 18.9 Å². The highest BCUT2D eigenvalue weighted by atomic mass is 32.1. The van der Waals surface area contributed by atoms with Gasteiger partial charge in [0.25, 0.3) is 5.91 Å². The van der Waals surface area contributed by atoms with Crippen LogP contribution in [0.25, 0.3) is 0 Å². The Hall–Kier alpha value is -1.93. The minimum absolute atomic E-state index is 0.0532. The summed E-state index contributed by atoms with van der Waals surface area (Å²) in [6.45, 7) is 0.271. The Morgan fingerprint density at radius 2 is 2.00 bits per heavy atom. The molecule has 0 aromatic carbocycles. The molecule has 0 fully saturated rings. The second-order valence-corrected chi connectivity index (χ2v) is 4.79. The Morgan fingerprint density at radius 3 is 2.60 bits per heavy atom. The lowest BCUT2D eigenvalue weighted by molar-refractivity contribution is -0.147. The molecule has 0 spiro atoms. The molecule has 1 atom stereocenters. The minimum atomic E-state index is -1.48. The number of carbonyl (C=O) groups excluding carboxylic acids is 2. The zero-order chi connectivity index (χ0) is 15.0. The molecule has 4 N–H and O–H groups in total. The van der Waals surface area contributed by atoms with Gasteiger partial charge in [-0.1, -0.05) is 0 Å². The lowest BCUT2D eigenvalue weighted by Crippen LogP contribution is -2.33. The number of nitrogens with one attached hydrogen (secondary N) is 2. The van der Waals surface area contributed by atoms with Crippen molar-refractivity contribution in [3.05, 3.63) is 22.4 Å². The highest BCUT2D eigenvalue weighted by Crippen LogP contribution is 2.04. The smallest absolute Gasteiger partial charge is 0.332 e. The first-order valence-electron chi connectivity index (χ1n) is 5.98. The molecule has 0 aliphatic rings. The van der Waals surface area contributed by atoms with E-state index in [0.29, 0.717) is 5.56 Å². The average Bonchev–Trinajstić information content (AvgIpc) is 2.92. The molecule has 1 aromatic rings. The van der Waals surface area contributed by atoms with Crippen LogP contribution in [0.5, 0.6) is 0 Å². The number of hydrogen-bond acceptors (Lipinski definition) is 5. The highest BCUT2D eigenvalue weighted by molar-refractivity contribution is 7.08. The Bertz CT molecular complexity index is 460. The van der Waals surface area contributed by atoms with Crippen LogP contribution in [-0.2, 0) is 9.59 Å². The summed E-state index contributed by atoms with van der Waals surface area (Å²) >= 11 is 1.41. The van der Waals surface area contributed by atoms with Gasteiger partial charge in [-0.2, -0.15) is 11.3 Å². The van der Waals surface area contributed by atoms with Crippen molar-refractivity contribution < 1.29 is 24.6 Å². The summed E-state index contributed by atoms with van der Waals surface area (Å²) in [4.78, 5) is 33.2. The van der Waals surface area contributed by atoms with Gasteiger partial charge >= 0.3 is 5.97 Å². The number of hydrogen-bond donors (Lipinski definition) is 4. The van der Waals surface area contributed by atoms with Crippen molar-refractivity contribution in [1.29, 1.82) is 0 Å². The van der Waals surface area contributed by atoms with Crippen LogP contribution in [0.2, 0.25) is 0 Å². The fourth-order valence-electron chi connectivity index (χ4n) is 1.35. The molecule has 0 aliphatic carbocycles. The van der Waals surface area contributed by atoms with E-state index < -0.39 is 12.1 Å². The van der Waals surface area contributed by atoms with E-state index >= 15 is 0 Å². The zero-order valence-corrected chi connectivity index (χ0v) is 11.5. The quantitative estimate of drug-likeness (QED) is 0.531. The van der Waals surface area contributed by atoms with E-state index in [2.05, 4.69) is 10.6 Å². The van der Waals surface area contributed by atoms with Crippen LogP contribution in [-0.4, -0.2) is 47.2 Å². The first-order valence-corrected chi connectivity index (χ1v) is 6.93. The second-order valence-electron chi connectivity index (χ2n) is 4.01. The molecule has 20 heavy (non-hydrogen) atoms. The second kappa shape index (κ2) is 8.28. The molecule has 0 radical (unpaired) electrons. The van der Waals surface area contributed by atoms with Crippen LogP contribution in [0.15, 0.2) is 16.8 Å². The third kappa shape index (κ3) is 5.81. The molecular weight excluding hydrogens is 284 g/mol. The molecule has 0 saturated heterocycles. The molecule has 2 amide bonds. The SMILES string of the molecule is O=C(CCNC(=O)c1ccsc1)NCCC(O)C(=O)O. The summed E-state index contributed by atoms with van der Waals surface area (Å²) in [6, 6.07) is 1.69. The maximum absolute atomic E-state index is 11.5. The average molecular weight is 300 g/mol. The number of carboxylic acids is 1. The van der Waals surface area contributed by atoms with Crippen LogP contribution < -0.4 is 10.6 Å². The van der Waals surface area contributed by atoms with Crippen molar-refractivity contribution in [1.82, 2.24) is 10.6 Å². The molecule has 110 valence electrons. The van der Waals surface area contributed by atoms with E-state index in [0.717, 1.165) is 0 Å². The van der Waals surface area contributed by atoms with Crippen LogP contribution >= 0.6 is 11.3 Å². The van der Waals surface area contributed by atoms with Gasteiger partial charge in [0.2, 0.25) is 5.91 Å². The lowest BCUT2D eigenvalue weighted by Gasteiger charge is -2.07. The molecule has 0 aliphatic heterocycles. The van der Waals surface area contributed by atoms with Crippen LogP contribution in [0.3, 0.4) is 0 Å². The maximum atomic E-state index is 11.5. The molecule has 1 aromatic heterocycles. The topological polar surface area (TPSA) is 116 Å². The summed E-state index contributed by atoms with van der Waals surface area (Å²) in [5.41, 5.74) is 0.556. The Labute approximate surface area is 119 Å². The summed E-state index contributed by atoms with van der Waals surface area (Å²) in [5.74, 6) is -1.86. The monoisotopic (exact) mass is 300 g/mol. The van der Waals surface area contributed by atoms with Gasteiger partial charge in [-0.25, -0.2) is 4.79 Å².